The van der Waals surface area contributed by atoms with Gasteiger partial charge in [0.05, 0.1) is 16.3 Å². The van der Waals surface area contributed by atoms with Crippen LogP contribution in [0, 0.1) is 0 Å². The van der Waals surface area contributed by atoms with Crippen LogP contribution in [0.15, 0.2) is 36.4 Å². The normalized spacial score (nSPS) is 13.9. The molecule has 3 aromatic rings. The number of halogens is 2. The molecule has 0 aliphatic carbocycles. The average Bonchev–Trinajstić information content (AvgIpc) is 2.95. The third-order valence-corrected chi connectivity index (χ3v) is 7.42. The molecule has 254 valence electrons. The highest BCUT2D eigenvalue weighted by Gasteiger charge is 2.21. The molecule has 3 heterocycles. The summed E-state index contributed by atoms with van der Waals surface area (Å²) in [6.07, 6.45) is 6.99. The van der Waals surface area contributed by atoms with Gasteiger partial charge in [-0.15, -0.1) is 12.4 Å². The van der Waals surface area contributed by atoms with Crippen LogP contribution in [0.5, 0.6) is 5.75 Å². The van der Waals surface area contributed by atoms with Gasteiger partial charge in [-0.05, 0) is 68.9 Å². The van der Waals surface area contributed by atoms with E-state index in [1.54, 1.807) is 36.4 Å². The van der Waals surface area contributed by atoms with Crippen molar-refractivity contribution in [3.63, 3.8) is 0 Å². The van der Waals surface area contributed by atoms with E-state index in [1.807, 2.05) is 19.0 Å². The van der Waals surface area contributed by atoms with E-state index >= 15 is 0 Å². The molecule has 1 amide bonds. The van der Waals surface area contributed by atoms with Crippen molar-refractivity contribution < 1.29 is 15.6 Å². The molecule has 0 atom stereocenters. The summed E-state index contributed by atoms with van der Waals surface area (Å²) in [6, 6.07) is 10.2. The van der Waals surface area contributed by atoms with Crippen LogP contribution in [0.4, 0.5) is 34.9 Å². The van der Waals surface area contributed by atoms with E-state index in [4.69, 9.17) is 26.6 Å². The van der Waals surface area contributed by atoms with Gasteiger partial charge in [0.15, 0.2) is 0 Å². The van der Waals surface area contributed by atoms with Crippen molar-refractivity contribution in [1.82, 2.24) is 39.6 Å². The minimum Gasteiger partial charge on any atom is -0.507 e. The van der Waals surface area contributed by atoms with Crippen LogP contribution in [0.25, 0.3) is 0 Å². The summed E-state index contributed by atoms with van der Waals surface area (Å²) < 4.78 is 0. The molecule has 2 aliphatic heterocycles. The zero-order valence-corrected chi connectivity index (χ0v) is 27.3. The Balaban J connectivity index is -0.000000685. The van der Waals surface area contributed by atoms with Gasteiger partial charge in [-0.1, -0.05) is 11.6 Å². The third-order valence-electron chi connectivity index (χ3n) is 7.11. The molecule has 1 aromatic heterocycles. The molecule has 44 heavy (non-hydrogen) atoms. The fourth-order valence-electron chi connectivity index (χ4n) is 4.88. The zero-order chi connectivity index (χ0) is 27.4. The second kappa shape index (κ2) is 18.2. The van der Waals surface area contributed by atoms with Gasteiger partial charge in [-0.25, -0.2) is 0 Å². The summed E-state index contributed by atoms with van der Waals surface area (Å²) in [7, 11) is 3.73. The van der Waals surface area contributed by atoms with E-state index in [2.05, 4.69) is 20.4 Å². The molecule has 15 N–H and O–H groups in total. The van der Waals surface area contributed by atoms with Crippen molar-refractivity contribution in [2.24, 2.45) is 0 Å². The lowest BCUT2D eigenvalue weighted by Gasteiger charge is -2.30. The molecular weight excluding hydrogens is 607 g/mol. The Kier molecular flexibility index (Phi) is 16.7. The van der Waals surface area contributed by atoms with Crippen molar-refractivity contribution in [1.29, 1.82) is 0 Å². The molecular formula is C28H56Cl2N12O2. The van der Waals surface area contributed by atoms with E-state index in [1.165, 1.54) is 12.8 Å². The number of aromatic hydroxyl groups is 1. The Morgan fingerprint density at radius 2 is 1.39 bits per heavy atom. The number of phenols is 1. The smallest absolute Gasteiger partial charge is 0.259 e. The summed E-state index contributed by atoms with van der Waals surface area (Å²) >= 11 is 6.55. The number of anilines is 6. The molecule has 2 saturated heterocycles. The van der Waals surface area contributed by atoms with Crippen LogP contribution < -0.4 is 49.9 Å². The first-order chi connectivity index (χ1) is 18.9. The summed E-state index contributed by atoms with van der Waals surface area (Å²) in [6.45, 7) is 3.76. The quantitative estimate of drug-likeness (QED) is 0.131. The average molecular weight is 664 g/mol. The van der Waals surface area contributed by atoms with Crippen LogP contribution in [-0.4, -0.2) is 66.2 Å². The van der Waals surface area contributed by atoms with Gasteiger partial charge < -0.3 is 55.0 Å². The summed E-state index contributed by atoms with van der Waals surface area (Å²) in [4.78, 5) is 33.4. The predicted molar refractivity (Wildman–Crippen MR) is 193 cm³/mol. The van der Waals surface area contributed by atoms with Gasteiger partial charge in [0, 0.05) is 63.4 Å². The SMILES string of the molecule is CN(C)c1ccc(C(=O)Nc2ccc(Nc3nc(N4CCCCC4)nc(N4CCCCC4)n3)cc2Cl)c(O)c1.Cl.N.N.N.N.[HH].[HH].[HH].[HH]. The number of benzene rings is 2. The number of hydrogen-bond acceptors (Lipinski definition) is 13. The first-order valence-electron chi connectivity index (χ1n) is 13.5. The van der Waals surface area contributed by atoms with Crippen molar-refractivity contribution in [2.45, 2.75) is 38.5 Å². The number of amides is 1. The predicted octanol–water partition coefficient (Wildman–Crippen LogP) is 7.33. The fourth-order valence-corrected chi connectivity index (χ4v) is 5.11. The Hall–Kier alpha value is -3.66. The first-order valence-corrected chi connectivity index (χ1v) is 13.9. The third kappa shape index (κ3) is 9.67. The summed E-state index contributed by atoms with van der Waals surface area (Å²) in [5.41, 5.74) is 2.08. The summed E-state index contributed by atoms with van der Waals surface area (Å²) in [5, 5.41) is 16.8. The van der Waals surface area contributed by atoms with Crippen LogP contribution in [-0.2, 0) is 0 Å². The van der Waals surface area contributed by atoms with Gasteiger partial charge in [-0.3, -0.25) is 4.79 Å². The molecule has 0 spiro atoms. The number of carbonyl (C=O) groups is 1. The van der Waals surface area contributed by atoms with Crippen LogP contribution in [0.2, 0.25) is 5.02 Å². The molecule has 14 nitrogen and oxygen atoms in total. The Morgan fingerprint density at radius 1 is 0.841 bits per heavy atom. The van der Waals surface area contributed by atoms with E-state index < -0.39 is 5.91 Å². The highest BCUT2D eigenvalue weighted by molar-refractivity contribution is 6.34. The molecule has 0 saturated carbocycles. The molecule has 0 bridgehead atoms. The van der Waals surface area contributed by atoms with Gasteiger partial charge >= 0.3 is 0 Å². The number of nitrogens with one attached hydrogen (secondary N) is 2. The largest absolute Gasteiger partial charge is 0.507 e. The van der Waals surface area contributed by atoms with Crippen molar-refractivity contribution in [3.05, 3.63) is 47.0 Å². The molecule has 5 rings (SSSR count). The first kappa shape index (κ1) is 40.3. The van der Waals surface area contributed by atoms with E-state index in [0.717, 1.165) is 57.5 Å². The Morgan fingerprint density at radius 3 is 1.86 bits per heavy atom. The maximum atomic E-state index is 12.8. The van der Waals surface area contributed by atoms with E-state index in [-0.39, 0.29) is 54.0 Å². The zero-order valence-electron chi connectivity index (χ0n) is 25.7. The number of aromatic nitrogens is 3. The van der Waals surface area contributed by atoms with Crippen molar-refractivity contribution >= 4 is 64.8 Å². The number of nitrogens with zero attached hydrogens (tertiary/aromatic N) is 6. The van der Waals surface area contributed by atoms with Gasteiger partial charge in [-0.2, -0.15) is 15.0 Å². The minimum absolute atomic E-state index is 0. The van der Waals surface area contributed by atoms with E-state index in [9.17, 15) is 9.90 Å². The number of carbonyl (C=O) groups excluding carboxylic acids is 1. The number of phenolic OH excluding ortho intramolecular Hbond substituents is 1. The minimum atomic E-state index is -0.449. The maximum Gasteiger partial charge on any atom is 0.259 e. The summed E-state index contributed by atoms with van der Waals surface area (Å²) in [5.74, 6) is 1.31. The highest BCUT2D eigenvalue weighted by Crippen LogP contribution is 2.30. The van der Waals surface area contributed by atoms with Gasteiger partial charge in [0.1, 0.15) is 5.75 Å². The number of piperidine rings is 2. The standard InChI is InChI=1S/C28H35ClN8O2.ClH.4H3N.4H2/c1-35(2)20-10-11-21(24(38)18-20)25(39)31-23-12-9-19(17-22(23)29)30-26-32-27(36-13-5-3-6-14-36)34-28(33-26)37-15-7-4-8-16-37;;;;;;;;;/h9-12,17-18,38H,3-8,13-16H2,1-2H3,(H,31,39)(H,30,32,33,34);1H;4*1H3;4*1H. The molecule has 16 heteroatoms. The monoisotopic (exact) mass is 662 g/mol. The lowest BCUT2D eigenvalue weighted by atomic mass is 10.1. The fraction of sp³-hybridized carbons (Fsp3) is 0.429. The van der Waals surface area contributed by atoms with Crippen LogP contribution >= 0.6 is 24.0 Å². The molecule has 2 aliphatic rings. The lowest BCUT2D eigenvalue weighted by Crippen LogP contribution is -2.34. The maximum absolute atomic E-state index is 12.8. The second-order valence-corrected chi connectivity index (χ2v) is 10.6. The molecule has 0 radical (unpaired) electrons. The molecule has 2 aromatic carbocycles. The van der Waals surface area contributed by atoms with E-state index in [0.29, 0.717) is 34.2 Å². The molecule has 2 fully saturated rings. The highest BCUT2D eigenvalue weighted by atomic mass is 35.5. The molecule has 0 unspecified atom stereocenters. The Bertz CT molecular complexity index is 1320. The van der Waals surface area contributed by atoms with Crippen LogP contribution in [0.3, 0.4) is 0 Å². The number of hydrogen-bond donors (Lipinski definition) is 7. The number of rotatable bonds is 7. The lowest BCUT2D eigenvalue weighted by molar-refractivity contribution is 0.102. The van der Waals surface area contributed by atoms with Gasteiger partial charge in [0.25, 0.3) is 5.91 Å². The topological polar surface area (TPSA) is 250 Å². The van der Waals surface area contributed by atoms with Crippen molar-refractivity contribution in [2.75, 3.05) is 65.6 Å². The van der Waals surface area contributed by atoms with Crippen LogP contribution in [0.1, 0.15) is 54.6 Å². The van der Waals surface area contributed by atoms with Crippen molar-refractivity contribution in [3.8, 4) is 5.75 Å². The Labute approximate surface area is 276 Å². The van der Waals surface area contributed by atoms with Gasteiger partial charge in [0.2, 0.25) is 17.8 Å². The second-order valence-electron chi connectivity index (χ2n) is 10.2.